The summed E-state index contributed by atoms with van der Waals surface area (Å²) in [7, 11) is 0. The Hall–Kier alpha value is -2.28. The van der Waals surface area contributed by atoms with Crippen LogP contribution in [0.25, 0.3) is 0 Å². The van der Waals surface area contributed by atoms with Crippen molar-refractivity contribution in [2.24, 2.45) is 0 Å². The first-order chi connectivity index (χ1) is 10.1. The van der Waals surface area contributed by atoms with Crippen molar-refractivity contribution in [2.75, 3.05) is 26.2 Å². The smallest absolute Gasteiger partial charge is 0.324 e. The minimum absolute atomic E-state index is 0.00641. The van der Waals surface area contributed by atoms with Crippen LogP contribution in [-0.4, -0.2) is 49.0 Å². The normalized spacial score (nSPS) is 14.0. The third-order valence-corrected chi connectivity index (χ3v) is 3.03. The highest BCUT2D eigenvalue weighted by atomic mass is 35.5. The van der Waals surface area contributed by atoms with Crippen molar-refractivity contribution in [1.82, 2.24) is 15.5 Å². The Morgan fingerprint density at radius 2 is 2.05 bits per heavy atom. The molecule has 1 aliphatic heterocycles. The number of urea groups is 1. The molecule has 1 aromatic carbocycles. The summed E-state index contributed by atoms with van der Waals surface area (Å²) in [5.41, 5.74) is 0. The van der Waals surface area contributed by atoms with Crippen molar-refractivity contribution in [3.8, 4) is 5.75 Å². The summed E-state index contributed by atoms with van der Waals surface area (Å²) in [5, 5.41) is 5.55. The quantitative estimate of drug-likeness (QED) is 0.744. The first-order valence-electron chi connectivity index (χ1n) is 6.29. The molecule has 0 aromatic heterocycles. The molecular weight excluding hydrogens is 298 g/mol. The fraction of sp³-hybridized carbons (Fsp3) is 0.308. The summed E-state index contributed by atoms with van der Waals surface area (Å²) in [5.74, 6) is -0.104. The zero-order valence-electron chi connectivity index (χ0n) is 11.1. The standard InChI is InChI=1S/C13H14ClN3O4/c14-9-1-3-10(4-2-9)21-8-11(18)15-5-6-17-12(19)7-16-13(17)20/h1-4H,5-8H2,(H,15,18)(H,16,20). The Morgan fingerprint density at radius 1 is 1.33 bits per heavy atom. The van der Waals surface area contributed by atoms with Gasteiger partial charge in [-0.25, -0.2) is 4.79 Å². The molecule has 0 bridgehead atoms. The predicted octanol–water partition coefficient (Wildman–Crippen LogP) is 0.387. The highest BCUT2D eigenvalue weighted by Gasteiger charge is 2.27. The maximum atomic E-state index is 11.6. The summed E-state index contributed by atoms with van der Waals surface area (Å²) in [4.78, 5) is 35.1. The van der Waals surface area contributed by atoms with Crippen molar-refractivity contribution in [1.29, 1.82) is 0 Å². The molecule has 0 unspecified atom stereocenters. The second kappa shape index (κ2) is 6.94. The van der Waals surface area contributed by atoms with Gasteiger partial charge in [0.05, 0.1) is 6.54 Å². The van der Waals surface area contributed by atoms with E-state index in [-0.39, 0.29) is 38.1 Å². The lowest BCUT2D eigenvalue weighted by Gasteiger charge is -2.13. The van der Waals surface area contributed by atoms with Crippen LogP contribution in [0.4, 0.5) is 4.79 Å². The maximum absolute atomic E-state index is 11.6. The molecule has 0 spiro atoms. The number of halogens is 1. The molecule has 4 amide bonds. The molecular formula is C13H14ClN3O4. The lowest BCUT2D eigenvalue weighted by molar-refractivity contribution is -0.126. The van der Waals surface area contributed by atoms with Gasteiger partial charge in [-0.3, -0.25) is 14.5 Å². The zero-order valence-corrected chi connectivity index (χ0v) is 11.9. The van der Waals surface area contributed by atoms with Crippen LogP contribution in [0.3, 0.4) is 0 Å². The molecule has 2 N–H and O–H groups in total. The van der Waals surface area contributed by atoms with Crippen LogP contribution < -0.4 is 15.4 Å². The van der Waals surface area contributed by atoms with Gasteiger partial charge >= 0.3 is 6.03 Å². The monoisotopic (exact) mass is 311 g/mol. The van der Waals surface area contributed by atoms with Gasteiger partial charge in [0.15, 0.2) is 6.61 Å². The number of nitrogens with zero attached hydrogens (tertiary/aromatic N) is 1. The van der Waals surface area contributed by atoms with Crippen LogP contribution in [0, 0.1) is 0 Å². The van der Waals surface area contributed by atoms with Crippen molar-refractivity contribution >= 4 is 29.4 Å². The molecule has 21 heavy (non-hydrogen) atoms. The van der Waals surface area contributed by atoms with E-state index in [1.54, 1.807) is 24.3 Å². The fourth-order valence-electron chi connectivity index (χ4n) is 1.72. The van der Waals surface area contributed by atoms with E-state index >= 15 is 0 Å². The molecule has 0 atom stereocenters. The van der Waals surface area contributed by atoms with E-state index in [0.717, 1.165) is 4.90 Å². The van der Waals surface area contributed by atoms with E-state index in [0.29, 0.717) is 10.8 Å². The number of amides is 4. The Labute approximate surface area is 126 Å². The summed E-state index contributed by atoms with van der Waals surface area (Å²) in [6.45, 7) is 0.174. The first kappa shape index (κ1) is 15.1. The number of rotatable bonds is 6. The van der Waals surface area contributed by atoms with Gasteiger partial charge in [-0.2, -0.15) is 0 Å². The summed E-state index contributed by atoms with van der Waals surface area (Å²) in [6, 6.07) is 6.19. The molecule has 7 nitrogen and oxygen atoms in total. The lowest BCUT2D eigenvalue weighted by atomic mass is 10.3. The maximum Gasteiger partial charge on any atom is 0.324 e. The van der Waals surface area contributed by atoms with E-state index in [9.17, 15) is 14.4 Å². The molecule has 1 aliphatic rings. The highest BCUT2D eigenvalue weighted by molar-refractivity contribution is 6.30. The summed E-state index contributed by atoms with van der Waals surface area (Å²) in [6.07, 6.45) is 0. The van der Waals surface area contributed by atoms with Crippen LogP contribution in [0.2, 0.25) is 5.02 Å². The van der Waals surface area contributed by atoms with Crippen molar-refractivity contribution in [2.45, 2.75) is 0 Å². The molecule has 0 radical (unpaired) electrons. The molecule has 0 aliphatic carbocycles. The van der Waals surface area contributed by atoms with Gasteiger partial charge in [-0.05, 0) is 24.3 Å². The number of carbonyl (C=O) groups excluding carboxylic acids is 3. The van der Waals surface area contributed by atoms with E-state index < -0.39 is 6.03 Å². The minimum Gasteiger partial charge on any atom is -0.484 e. The van der Waals surface area contributed by atoms with Crippen molar-refractivity contribution in [3.05, 3.63) is 29.3 Å². The van der Waals surface area contributed by atoms with Gasteiger partial charge in [0, 0.05) is 18.1 Å². The van der Waals surface area contributed by atoms with Gasteiger partial charge in [-0.15, -0.1) is 0 Å². The van der Waals surface area contributed by atoms with E-state index in [1.807, 2.05) is 0 Å². The molecule has 1 fully saturated rings. The van der Waals surface area contributed by atoms with Gasteiger partial charge in [0.25, 0.3) is 5.91 Å². The average molecular weight is 312 g/mol. The number of hydrogen-bond acceptors (Lipinski definition) is 4. The molecule has 1 heterocycles. The number of carbonyl (C=O) groups is 3. The highest BCUT2D eigenvalue weighted by Crippen LogP contribution is 2.15. The third-order valence-electron chi connectivity index (χ3n) is 2.78. The Balaban J connectivity index is 1.67. The number of ether oxygens (including phenoxy) is 1. The number of hydrogen-bond donors (Lipinski definition) is 2. The fourth-order valence-corrected chi connectivity index (χ4v) is 1.85. The molecule has 0 saturated carbocycles. The second-order valence-electron chi connectivity index (χ2n) is 4.30. The molecule has 2 rings (SSSR count). The van der Waals surface area contributed by atoms with Gasteiger partial charge in [0.2, 0.25) is 5.91 Å². The van der Waals surface area contributed by atoms with Crippen LogP contribution in [0.1, 0.15) is 0 Å². The Bertz CT molecular complexity index is 531. The van der Waals surface area contributed by atoms with Gasteiger partial charge in [-0.1, -0.05) is 11.6 Å². The van der Waals surface area contributed by atoms with E-state index in [4.69, 9.17) is 16.3 Å². The molecule has 112 valence electrons. The van der Waals surface area contributed by atoms with E-state index in [2.05, 4.69) is 10.6 Å². The van der Waals surface area contributed by atoms with Crippen molar-refractivity contribution < 1.29 is 19.1 Å². The largest absolute Gasteiger partial charge is 0.484 e. The van der Waals surface area contributed by atoms with Crippen LogP contribution in [0.15, 0.2) is 24.3 Å². The van der Waals surface area contributed by atoms with Gasteiger partial charge < -0.3 is 15.4 Å². The van der Waals surface area contributed by atoms with Crippen molar-refractivity contribution in [3.63, 3.8) is 0 Å². The Kier molecular flexibility index (Phi) is 4.99. The summed E-state index contributed by atoms with van der Waals surface area (Å²) >= 11 is 5.73. The van der Waals surface area contributed by atoms with Crippen LogP contribution >= 0.6 is 11.6 Å². The molecule has 8 heteroatoms. The lowest BCUT2D eigenvalue weighted by Crippen LogP contribution is -2.39. The predicted molar refractivity (Wildman–Crippen MR) is 75.1 cm³/mol. The average Bonchev–Trinajstić information content (AvgIpc) is 2.78. The number of nitrogens with one attached hydrogen (secondary N) is 2. The van der Waals surface area contributed by atoms with Gasteiger partial charge in [0.1, 0.15) is 5.75 Å². The number of benzene rings is 1. The molecule has 1 aromatic rings. The summed E-state index contributed by atoms with van der Waals surface area (Å²) < 4.78 is 5.26. The minimum atomic E-state index is -0.438. The topological polar surface area (TPSA) is 87.7 Å². The first-order valence-corrected chi connectivity index (χ1v) is 6.67. The second-order valence-corrected chi connectivity index (χ2v) is 4.73. The van der Waals surface area contributed by atoms with E-state index in [1.165, 1.54) is 0 Å². The molecule has 1 saturated heterocycles. The zero-order chi connectivity index (χ0) is 15.2. The third kappa shape index (κ3) is 4.35. The number of imide groups is 1. The van der Waals surface area contributed by atoms with Crippen LogP contribution in [0.5, 0.6) is 5.75 Å². The Morgan fingerprint density at radius 3 is 2.67 bits per heavy atom. The van der Waals surface area contributed by atoms with Crippen LogP contribution in [-0.2, 0) is 9.59 Å². The SMILES string of the molecule is O=C(COc1ccc(Cl)cc1)NCCN1C(=O)CNC1=O.